The summed E-state index contributed by atoms with van der Waals surface area (Å²) in [4.78, 5) is 14.7. The van der Waals surface area contributed by atoms with Crippen LogP contribution in [0.3, 0.4) is 0 Å². The predicted molar refractivity (Wildman–Crippen MR) is 266 cm³/mol. The van der Waals surface area contributed by atoms with Gasteiger partial charge in [-0.15, -0.1) is 22.7 Å². The molecule has 2 aliphatic rings. The van der Waals surface area contributed by atoms with E-state index < -0.39 is 20.0 Å². The summed E-state index contributed by atoms with van der Waals surface area (Å²) >= 11 is 3.25. The van der Waals surface area contributed by atoms with Crippen molar-refractivity contribution in [2.75, 3.05) is 69.3 Å². The summed E-state index contributed by atoms with van der Waals surface area (Å²) < 4.78 is 61.0. The van der Waals surface area contributed by atoms with Crippen molar-refractivity contribution in [3.63, 3.8) is 0 Å². The molecule has 0 radical (unpaired) electrons. The number of aromatic nitrogens is 2. The number of piperazine rings is 2. The van der Waals surface area contributed by atoms with Gasteiger partial charge in [0.25, 0.3) is 0 Å². The molecule has 0 N–H and O–H groups in total. The molecule has 2 aliphatic heterocycles. The van der Waals surface area contributed by atoms with Crippen LogP contribution in [-0.4, -0.2) is 94.9 Å². The van der Waals surface area contributed by atoms with Crippen molar-refractivity contribution in [3.05, 3.63) is 147 Å². The van der Waals surface area contributed by atoms with Crippen LogP contribution in [0.2, 0.25) is 0 Å². The molecule has 0 spiro atoms. The van der Waals surface area contributed by atoms with E-state index in [2.05, 4.69) is 99.4 Å². The highest BCUT2D eigenvalue weighted by molar-refractivity contribution is 7.89. The molecule has 11 nitrogen and oxygen atoms in total. The van der Waals surface area contributed by atoms with E-state index in [4.69, 9.17) is 14.7 Å². The molecule has 0 aliphatic carbocycles. The van der Waals surface area contributed by atoms with Crippen molar-refractivity contribution in [2.24, 2.45) is 0 Å². The van der Waals surface area contributed by atoms with Crippen molar-refractivity contribution >= 4 is 53.0 Å². The number of benzene rings is 4. The predicted octanol–water partition coefficient (Wildman–Crippen LogP) is 9.40. The van der Waals surface area contributed by atoms with Gasteiger partial charge in [0.2, 0.25) is 20.0 Å². The van der Waals surface area contributed by atoms with Crippen LogP contribution in [0.1, 0.15) is 80.7 Å². The number of thiazole rings is 2. The fourth-order valence-electron chi connectivity index (χ4n) is 7.86. The van der Waals surface area contributed by atoms with Gasteiger partial charge in [0, 0.05) is 76.0 Å². The molecule has 0 atom stereocenters. The highest BCUT2D eigenvalue weighted by Crippen LogP contribution is 2.30. The first-order chi connectivity index (χ1) is 30.8. The van der Waals surface area contributed by atoms with Crippen LogP contribution in [0.15, 0.2) is 118 Å². The summed E-state index contributed by atoms with van der Waals surface area (Å²) in [5.41, 5.74) is 7.98. The number of nitrogens with zero attached hydrogens (tertiary/aromatic N) is 6. The summed E-state index contributed by atoms with van der Waals surface area (Å²) in [6.45, 7) is 19.2. The van der Waals surface area contributed by atoms with Crippen LogP contribution >= 0.6 is 22.7 Å². The smallest absolute Gasteiger partial charge is 0.243 e. The third-order valence-electron chi connectivity index (χ3n) is 11.8. The number of hydrogen-bond acceptors (Lipinski definition) is 11. The Morgan fingerprint density at radius 1 is 0.554 bits per heavy atom. The average molecular weight is 955 g/mol. The largest absolute Gasteiger partial charge is 0.497 e. The van der Waals surface area contributed by atoms with E-state index in [1.807, 2.05) is 42.5 Å². The van der Waals surface area contributed by atoms with E-state index in [1.54, 1.807) is 62.7 Å². The first-order valence-corrected chi connectivity index (χ1v) is 26.7. The van der Waals surface area contributed by atoms with Crippen LogP contribution in [0, 0.1) is 6.92 Å². The molecule has 8 rings (SSSR count). The van der Waals surface area contributed by atoms with Crippen molar-refractivity contribution in [1.29, 1.82) is 0 Å². The molecule has 65 heavy (non-hydrogen) atoms. The standard InChI is InChI=1S/C25H31N3O3S2.C25H31N3O2S2/c1-25(2,3)20-8-10-23(11-9-20)33(29,30)28-14-12-27(13-15-28)24-26-21(18-32-24)16-19-6-5-7-22(17-19)31-4;1-19-6-5-7-20(16-19)17-22-18-31-24(26-22)27-12-14-28(15-13-27)32(29,30)23-10-8-21(9-11-23)25(2,3)4/h5-11,17-18H,12-16H2,1-4H3;5-11,16,18H,12-15,17H2,1-4H3. The van der Waals surface area contributed by atoms with Gasteiger partial charge in [0.05, 0.1) is 28.3 Å². The first kappa shape index (κ1) is 48.3. The molecular formula is C50H62N6O5S4. The Balaban J connectivity index is 0.000000194. The fourth-order valence-corrected chi connectivity index (χ4v) is 12.5. The van der Waals surface area contributed by atoms with Gasteiger partial charge in [-0.2, -0.15) is 8.61 Å². The molecule has 0 unspecified atom stereocenters. The zero-order chi connectivity index (χ0) is 46.6. The fraction of sp³-hybridized carbons (Fsp3) is 0.400. The van der Waals surface area contributed by atoms with Crippen LogP contribution in [0.4, 0.5) is 10.3 Å². The normalized spacial score (nSPS) is 15.7. The third-order valence-corrected chi connectivity index (χ3v) is 17.5. The maximum atomic E-state index is 13.1. The molecule has 4 aromatic carbocycles. The monoisotopic (exact) mass is 954 g/mol. The molecule has 2 fully saturated rings. The first-order valence-electron chi connectivity index (χ1n) is 22.1. The molecule has 0 saturated carbocycles. The zero-order valence-electron chi connectivity index (χ0n) is 38.8. The van der Waals surface area contributed by atoms with Crippen molar-refractivity contribution < 1.29 is 21.6 Å². The van der Waals surface area contributed by atoms with E-state index >= 15 is 0 Å². The second kappa shape index (κ2) is 20.1. The van der Waals surface area contributed by atoms with E-state index in [9.17, 15) is 16.8 Å². The molecular weight excluding hydrogens is 893 g/mol. The molecule has 15 heteroatoms. The van der Waals surface area contributed by atoms with Crippen LogP contribution in [-0.2, 0) is 43.7 Å². The van der Waals surface area contributed by atoms with Crippen LogP contribution < -0.4 is 14.5 Å². The van der Waals surface area contributed by atoms with Gasteiger partial charge >= 0.3 is 0 Å². The lowest BCUT2D eigenvalue weighted by Gasteiger charge is -2.33. The summed E-state index contributed by atoms with van der Waals surface area (Å²) in [5, 5.41) is 6.10. The highest BCUT2D eigenvalue weighted by atomic mass is 32.2. The number of aryl methyl sites for hydroxylation is 1. The summed E-state index contributed by atoms with van der Waals surface area (Å²) in [6, 6.07) is 31.1. The molecule has 346 valence electrons. The van der Waals surface area contributed by atoms with Gasteiger partial charge in [-0.05, 0) is 76.4 Å². The SMILES string of the molecule is COc1cccc(Cc2csc(N3CCN(S(=O)(=O)c4ccc(C(C)(C)C)cc4)CC3)n2)c1.Cc1cccc(Cc2csc(N3CCN(S(=O)(=O)c4ccc(C(C)(C)C)cc4)CC3)n2)c1. The van der Waals surface area contributed by atoms with Gasteiger partial charge in [0.15, 0.2) is 10.3 Å². The number of rotatable bonds is 11. The lowest BCUT2D eigenvalue weighted by molar-refractivity contribution is 0.384. The maximum absolute atomic E-state index is 13.1. The van der Waals surface area contributed by atoms with Gasteiger partial charge in [-0.3, -0.25) is 0 Å². The lowest BCUT2D eigenvalue weighted by Crippen LogP contribution is -2.48. The van der Waals surface area contributed by atoms with Gasteiger partial charge in [-0.1, -0.05) is 108 Å². The molecule has 2 saturated heterocycles. The van der Waals surface area contributed by atoms with Crippen LogP contribution in [0.25, 0.3) is 0 Å². The summed E-state index contributed by atoms with van der Waals surface area (Å²) in [5.74, 6) is 0.841. The quantitative estimate of drug-likeness (QED) is 0.125. The Bertz CT molecular complexity index is 2740. The Kier molecular flexibility index (Phi) is 14.9. The Labute approximate surface area is 394 Å². The maximum Gasteiger partial charge on any atom is 0.243 e. The minimum atomic E-state index is -3.49. The lowest BCUT2D eigenvalue weighted by atomic mass is 9.87. The molecule has 2 aromatic heterocycles. The Morgan fingerprint density at radius 3 is 1.34 bits per heavy atom. The second-order valence-corrected chi connectivity index (χ2v) is 24.3. The number of sulfonamides is 2. The third kappa shape index (κ3) is 12.0. The zero-order valence-corrected chi connectivity index (χ0v) is 42.1. The molecule has 0 amide bonds. The molecule has 4 heterocycles. The molecule has 0 bridgehead atoms. The van der Waals surface area contributed by atoms with E-state index in [0.717, 1.165) is 56.9 Å². The minimum Gasteiger partial charge on any atom is -0.497 e. The Morgan fingerprint density at radius 2 is 0.954 bits per heavy atom. The number of methoxy groups -OCH3 is 1. The topological polar surface area (TPSA) is 116 Å². The summed E-state index contributed by atoms with van der Waals surface area (Å²) in [7, 11) is -5.31. The van der Waals surface area contributed by atoms with Crippen molar-refractivity contribution in [3.8, 4) is 5.75 Å². The van der Waals surface area contributed by atoms with Crippen molar-refractivity contribution in [1.82, 2.24) is 18.6 Å². The van der Waals surface area contributed by atoms with E-state index in [1.165, 1.54) is 11.1 Å². The van der Waals surface area contributed by atoms with E-state index in [-0.39, 0.29) is 10.8 Å². The average Bonchev–Trinajstić information content (AvgIpc) is 3.96. The van der Waals surface area contributed by atoms with E-state index in [0.29, 0.717) is 62.1 Å². The molecule has 6 aromatic rings. The number of hydrogen-bond donors (Lipinski definition) is 0. The van der Waals surface area contributed by atoms with Gasteiger partial charge < -0.3 is 14.5 Å². The number of anilines is 2. The van der Waals surface area contributed by atoms with Gasteiger partial charge in [0.1, 0.15) is 5.75 Å². The Hall–Kier alpha value is -4.64. The number of ether oxygens (including phenoxy) is 1. The van der Waals surface area contributed by atoms with Crippen molar-refractivity contribution in [2.45, 2.75) is 81.9 Å². The van der Waals surface area contributed by atoms with Gasteiger partial charge in [-0.25, -0.2) is 26.8 Å². The minimum absolute atomic E-state index is 0.000180. The van der Waals surface area contributed by atoms with Crippen LogP contribution in [0.5, 0.6) is 5.75 Å². The highest BCUT2D eigenvalue weighted by Gasteiger charge is 2.31. The summed E-state index contributed by atoms with van der Waals surface area (Å²) in [6.07, 6.45) is 1.56. The second-order valence-electron chi connectivity index (χ2n) is 18.8.